The third-order valence-electron chi connectivity index (χ3n) is 5.87. The molecule has 1 N–H and O–H groups in total. The minimum Gasteiger partial charge on any atom is -0.497 e. The number of hydrogen-bond acceptors (Lipinski definition) is 5. The Hall–Kier alpha value is -2.49. The smallest absolute Gasteiger partial charge is 0.243 e. The molecular formula is C23H30FN3O4S. The second kappa shape index (κ2) is 10.4. The number of halogens is 1. The number of nitrogens with zero attached hydrogens (tertiary/aromatic N) is 2. The van der Waals surface area contributed by atoms with Crippen molar-refractivity contribution in [3.8, 4) is 5.75 Å². The van der Waals surface area contributed by atoms with Crippen molar-refractivity contribution in [2.75, 3.05) is 40.8 Å². The molecule has 2 aromatic carbocycles. The summed E-state index contributed by atoms with van der Waals surface area (Å²) in [7, 11) is 1.85. The van der Waals surface area contributed by atoms with Gasteiger partial charge in [0.1, 0.15) is 11.6 Å². The quantitative estimate of drug-likeness (QED) is 0.651. The molecule has 3 rings (SSSR count). The third kappa shape index (κ3) is 5.65. The van der Waals surface area contributed by atoms with Crippen LogP contribution in [0.15, 0.2) is 53.4 Å². The van der Waals surface area contributed by atoms with Gasteiger partial charge in [-0.05, 0) is 68.9 Å². The number of nitrogens with one attached hydrogen (secondary N) is 1. The molecule has 32 heavy (non-hydrogen) atoms. The van der Waals surface area contributed by atoms with Crippen LogP contribution in [0.1, 0.15) is 24.4 Å². The maximum absolute atomic E-state index is 13.1. The number of rotatable bonds is 8. The van der Waals surface area contributed by atoms with Crippen LogP contribution in [0.2, 0.25) is 0 Å². The van der Waals surface area contributed by atoms with Crippen LogP contribution in [-0.2, 0) is 14.8 Å². The van der Waals surface area contributed by atoms with E-state index in [2.05, 4.69) is 5.32 Å². The fraction of sp³-hybridized carbons (Fsp3) is 0.435. The van der Waals surface area contributed by atoms with Crippen LogP contribution in [0.25, 0.3) is 0 Å². The lowest BCUT2D eigenvalue weighted by Gasteiger charge is -2.31. The Labute approximate surface area is 189 Å². The number of piperidine rings is 1. The van der Waals surface area contributed by atoms with Gasteiger partial charge in [-0.15, -0.1) is 0 Å². The SMILES string of the molecule is COc1ccc([C@@H](CNC(=O)C2CCN(S(=O)(=O)c3ccc(F)cc3)CC2)N(C)C)cc1. The average molecular weight is 464 g/mol. The number of ether oxygens (including phenoxy) is 1. The van der Waals surface area contributed by atoms with Crippen LogP contribution in [-0.4, -0.2) is 64.4 Å². The van der Waals surface area contributed by atoms with Gasteiger partial charge in [-0.2, -0.15) is 4.31 Å². The van der Waals surface area contributed by atoms with E-state index < -0.39 is 15.8 Å². The average Bonchev–Trinajstić information content (AvgIpc) is 2.79. The zero-order valence-electron chi connectivity index (χ0n) is 18.6. The Kier molecular flexibility index (Phi) is 7.86. The summed E-state index contributed by atoms with van der Waals surface area (Å²) in [5.41, 5.74) is 1.07. The highest BCUT2D eigenvalue weighted by atomic mass is 32.2. The fourth-order valence-corrected chi connectivity index (χ4v) is 5.35. The molecule has 0 spiro atoms. The van der Waals surface area contributed by atoms with E-state index in [0.29, 0.717) is 19.4 Å². The summed E-state index contributed by atoms with van der Waals surface area (Å²) < 4.78 is 45.2. The Bertz CT molecular complexity index is 1000. The van der Waals surface area contributed by atoms with Gasteiger partial charge in [-0.25, -0.2) is 12.8 Å². The lowest BCUT2D eigenvalue weighted by molar-refractivity contribution is -0.126. The van der Waals surface area contributed by atoms with Gasteiger partial charge in [-0.1, -0.05) is 12.1 Å². The summed E-state index contributed by atoms with van der Waals surface area (Å²) in [4.78, 5) is 14.9. The molecule has 0 bridgehead atoms. The van der Waals surface area contributed by atoms with E-state index in [-0.39, 0.29) is 35.9 Å². The molecule has 9 heteroatoms. The van der Waals surface area contributed by atoms with E-state index in [0.717, 1.165) is 23.4 Å². The monoisotopic (exact) mass is 463 g/mol. The van der Waals surface area contributed by atoms with Crippen molar-refractivity contribution in [3.63, 3.8) is 0 Å². The molecule has 1 amide bonds. The summed E-state index contributed by atoms with van der Waals surface area (Å²) in [6.45, 7) is 0.965. The number of sulfonamides is 1. The van der Waals surface area contributed by atoms with Crippen LogP contribution in [0.3, 0.4) is 0 Å². The van der Waals surface area contributed by atoms with Crippen LogP contribution in [0, 0.1) is 11.7 Å². The van der Waals surface area contributed by atoms with E-state index in [1.807, 2.05) is 43.3 Å². The first-order chi connectivity index (χ1) is 15.2. The molecule has 7 nitrogen and oxygen atoms in total. The first kappa shape index (κ1) is 24.2. The standard InChI is InChI=1S/C23H30FN3O4S/c1-26(2)22(17-4-8-20(31-3)9-5-17)16-25-23(28)18-12-14-27(15-13-18)32(29,30)21-10-6-19(24)7-11-21/h4-11,18,22H,12-16H2,1-3H3,(H,25,28)/t22-/m1/s1. The lowest BCUT2D eigenvalue weighted by Crippen LogP contribution is -2.44. The van der Waals surface area contributed by atoms with E-state index in [1.54, 1.807) is 7.11 Å². The Balaban J connectivity index is 1.56. The van der Waals surface area contributed by atoms with Gasteiger partial charge in [0, 0.05) is 25.6 Å². The minimum absolute atomic E-state index is 0.00352. The number of carbonyl (C=O) groups excluding carboxylic acids is 1. The minimum atomic E-state index is -3.69. The summed E-state index contributed by atoms with van der Waals surface area (Å²) >= 11 is 0. The number of likely N-dealkylation sites (N-methyl/N-ethyl adjacent to an activating group) is 1. The Morgan fingerprint density at radius 2 is 1.72 bits per heavy atom. The first-order valence-electron chi connectivity index (χ1n) is 10.6. The van der Waals surface area contributed by atoms with Crippen LogP contribution in [0.5, 0.6) is 5.75 Å². The molecule has 1 heterocycles. The van der Waals surface area contributed by atoms with Crippen molar-refractivity contribution in [2.24, 2.45) is 5.92 Å². The van der Waals surface area contributed by atoms with Gasteiger partial charge < -0.3 is 15.0 Å². The molecule has 0 saturated carbocycles. The molecule has 1 aliphatic heterocycles. The lowest BCUT2D eigenvalue weighted by atomic mass is 9.97. The van der Waals surface area contributed by atoms with Crippen molar-refractivity contribution in [2.45, 2.75) is 23.8 Å². The highest BCUT2D eigenvalue weighted by Gasteiger charge is 2.32. The number of methoxy groups -OCH3 is 1. The molecule has 1 aliphatic rings. The molecule has 0 aliphatic carbocycles. The molecule has 2 aromatic rings. The molecule has 0 radical (unpaired) electrons. The van der Waals surface area contributed by atoms with E-state index in [4.69, 9.17) is 4.74 Å². The highest BCUT2D eigenvalue weighted by Crippen LogP contribution is 2.25. The van der Waals surface area contributed by atoms with Gasteiger partial charge in [0.05, 0.1) is 18.0 Å². The predicted molar refractivity (Wildman–Crippen MR) is 120 cm³/mol. The van der Waals surface area contributed by atoms with Crippen LogP contribution < -0.4 is 10.1 Å². The molecule has 1 fully saturated rings. The van der Waals surface area contributed by atoms with E-state index in [1.165, 1.54) is 16.4 Å². The van der Waals surface area contributed by atoms with Crippen molar-refractivity contribution in [1.29, 1.82) is 0 Å². The zero-order valence-corrected chi connectivity index (χ0v) is 19.4. The maximum Gasteiger partial charge on any atom is 0.243 e. The van der Waals surface area contributed by atoms with Gasteiger partial charge in [0.15, 0.2) is 0 Å². The van der Waals surface area contributed by atoms with Crippen molar-refractivity contribution < 1.29 is 22.3 Å². The molecule has 1 atom stereocenters. The van der Waals surface area contributed by atoms with Crippen LogP contribution >= 0.6 is 0 Å². The van der Waals surface area contributed by atoms with Crippen molar-refractivity contribution in [3.05, 3.63) is 59.9 Å². The zero-order chi connectivity index (χ0) is 23.3. The highest BCUT2D eigenvalue weighted by molar-refractivity contribution is 7.89. The van der Waals surface area contributed by atoms with Gasteiger partial charge in [-0.3, -0.25) is 4.79 Å². The van der Waals surface area contributed by atoms with E-state index >= 15 is 0 Å². The molecule has 0 unspecified atom stereocenters. The van der Waals surface area contributed by atoms with Gasteiger partial charge >= 0.3 is 0 Å². The van der Waals surface area contributed by atoms with E-state index in [9.17, 15) is 17.6 Å². The molecular weight excluding hydrogens is 433 g/mol. The molecule has 174 valence electrons. The van der Waals surface area contributed by atoms with Gasteiger partial charge in [0.2, 0.25) is 15.9 Å². The maximum atomic E-state index is 13.1. The van der Waals surface area contributed by atoms with Crippen LogP contribution in [0.4, 0.5) is 4.39 Å². The summed E-state index contributed by atoms with van der Waals surface area (Å²) in [5, 5.41) is 3.03. The second-order valence-electron chi connectivity index (χ2n) is 8.13. The number of hydrogen-bond donors (Lipinski definition) is 1. The molecule has 0 aromatic heterocycles. The number of carbonyl (C=O) groups is 1. The second-order valence-corrected chi connectivity index (χ2v) is 10.1. The predicted octanol–water partition coefficient (Wildman–Crippen LogP) is 2.65. The summed E-state index contributed by atoms with van der Waals surface area (Å²) in [5.74, 6) is -0.0137. The normalized spacial score (nSPS) is 16.7. The largest absolute Gasteiger partial charge is 0.497 e. The Morgan fingerprint density at radius 3 is 2.25 bits per heavy atom. The number of amides is 1. The Morgan fingerprint density at radius 1 is 1.12 bits per heavy atom. The first-order valence-corrected chi connectivity index (χ1v) is 12.0. The summed E-state index contributed by atoms with van der Waals surface area (Å²) in [6, 6.07) is 12.6. The number of benzene rings is 2. The summed E-state index contributed by atoms with van der Waals surface area (Å²) in [6.07, 6.45) is 0.892. The van der Waals surface area contributed by atoms with Crippen molar-refractivity contribution in [1.82, 2.24) is 14.5 Å². The van der Waals surface area contributed by atoms with Gasteiger partial charge in [0.25, 0.3) is 0 Å². The topological polar surface area (TPSA) is 79.0 Å². The molecule has 1 saturated heterocycles. The third-order valence-corrected chi connectivity index (χ3v) is 7.78. The van der Waals surface area contributed by atoms with Crippen molar-refractivity contribution >= 4 is 15.9 Å². The fourth-order valence-electron chi connectivity index (χ4n) is 3.88.